The average molecular weight is 269 g/mol. The molecule has 0 saturated heterocycles. The van der Waals surface area contributed by atoms with Crippen LogP contribution in [0.4, 0.5) is 0 Å². The van der Waals surface area contributed by atoms with E-state index in [4.69, 9.17) is 5.73 Å². The van der Waals surface area contributed by atoms with Gasteiger partial charge in [-0.3, -0.25) is 4.79 Å². The highest BCUT2D eigenvalue weighted by atomic mass is 16.2. The summed E-state index contributed by atoms with van der Waals surface area (Å²) in [5.41, 5.74) is 6.04. The molecule has 1 amide bonds. The van der Waals surface area contributed by atoms with Crippen LogP contribution in [0.2, 0.25) is 0 Å². The third kappa shape index (κ3) is 4.77. The molecular weight excluding hydrogens is 238 g/mol. The maximum absolute atomic E-state index is 12.4. The molecule has 1 saturated carbocycles. The summed E-state index contributed by atoms with van der Waals surface area (Å²) >= 11 is 0. The van der Waals surface area contributed by atoms with Crippen LogP contribution in [0, 0.1) is 5.92 Å². The first-order valence-corrected chi connectivity index (χ1v) is 7.90. The predicted octanol–water partition coefficient (Wildman–Crippen LogP) is 1.69. The zero-order valence-electron chi connectivity index (χ0n) is 12.9. The molecular formula is C15H31N3O. The Bertz CT molecular complexity index is 266. The summed E-state index contributed by atoms with van der Waals surface area (Å²) in [6.07, 6.45) is 4.15. The Hall–Kier alpha value is -0.610. The van der Waals surface area contributed by atoms with Crippen molar-refractivity contribution in [3.63, 3.8) is 0 Å². The summed E-state index contributed by atoms with van der Waals surface area (Å²) in [7, 11) is 0. The number of nitrogens with zero attached hydrogens (tertiary/aromatic N) is 2. The van der Waals surface area contributed by atoms with E-state index in [2.05, 4.69) is 25.7 Å². The Balaban J connectivity index is 2.38. The Morgan fingerprint density at radius 1 is 1.11 bits per heavy atom. The standard InChI is InChI=1S/C15H31N3O/c1-4-17(5-2)11-8-12-18(6-3)15(19)13-9-7-10-14(13)16/h13-14H,4-12,16H2,1-3H3. The van der Waals surface area contributed by atoms with E-state index in [1.807, 2.05) is 4.90 Å². The quantitative estimate of drug-likeness (QED) is 0.729. The van der Waals surface area contributed by atoms with Crippen LogP contribution < -0.4 is 5.73 Å². The van der Waals surface area contributed by atoms with Crippen molar-refractivity contribution in [3.8, 4) is 0 Å². The van der Waals surface area contributed by atoms with Crippen LogP contribution in [-0.2, 0) is 4.79 Å². The van der Waals surface area contributed by atoms with E-state index in [1.165, 1.54) is 0 Å². The second-order valence-electron chi connectivity index (χ2n) is 5.50. The average Bonchev–Trinajstić information content (AvgIpc) is 2.85. The number of hydrogen-bond acceptors (Lipinski definition) is 3. The molecule has 0 aromatic heterocycles. The first-order chi connectivity index (χ1) is 9.13. The first kappa shape index (κ1) is 16.4. The molecule has 0 radical (unpaired) electrons. The molecule has 2 unspecified atom stereocenters. The number of rotatable bonds is 8. The second-order valence-corrected chi connectivity index (χ2v) is 5.50. The Morgan fingerprint density at radius 3 is 2.26 bits per heavy atom. The lowest BCUT2D eigenvalue weighted by Crippen LogP contribution is -2.42. The molecule has 0 aliphatic heterocycles. The third-order valence-corrected chi connectivity index (χ3v) is 4.38. The van der Waals surface area contributed by atoms with Gasteiger partial charge >= 0.3 is 0 Å². The minimum Gasteiger partial charge on any atom is -0.343 e. The minimum atomic E-state index is 0.0772. The van der Waals surface area contributed by atoms with Gasteiger partial charge < -0.3 is 15.5 Å². The van der Waals surface area contributed by atoms with Gasteiger partial charge in [-0.05, 0) is 45.8 Å². The van der Waals surface area contributed by atoms with Crippen LogP contribution >= 0.6 is 0 Å². The Kier molecular flexibility index (Phi) is 7.39. The van der Waals surface area contributed by atoms with E-state index >= 15 is 0 Å². The highest BCUT2D eigenvalue weighted by Gasteiger charge is 2.32. The van der Waals surface area contributed by atoms with Gasteiger partial charge in [-0.1, -0.05) is 20.3 Å². The smallest absolute Gasteiger partial charge is 0.227 e. The van der Waals surface area contributed by atoms with E-state index in [-0.39, 0.29) is 17.9 Å². The van der Waals surface area contributed by atoms with Gasteiger partial charge in [0, 0.05) is 19.1 Å². The van der Waals surface area contributed by atoms with E-state index < -0.39 is 0 Å². The van der Waals surface area contributed by atoms with Crippen molar-refractivity contribution in [2.75, 3.05) is 32.7 Å². The molecule has 2 atom stereocenters. The molecule has 19 heavy (non-hydrogen) atoms. The van der Waals surface area contributed by atoms with Crippen LogP contribution in [0.5, 0.6) is 0 Å². The van der Waals surface area contributed by atoms with Crippen molar-refractivity contribution in [3.05, 3.63) is 0 Å². The van der Waals surface area contributed by atoms with Gasteiger partial charge in [-0.15, -0.1) is 0 Å². The van der Waals surface area contributed by atoms with E-state index in [1.54, 1.807) is 0 Å². The van der Waals surface area contributed by atoms with Crippen molar-refractivity contribution in [2.45, 2.75) is 52.5 Å². The first-order valence-electron chi connectivity index (χ1n) is 7.90. The maximum atomic E-state index is 12.4. The number of amides is 1. The molecule has 0 heterocycles. The highest BCUT2D eigenvalue weighted by molar-refractivity contribution is 5.79. The lowest BCUT2D eigenvalue weighted by atomic mass is 10.0. The van der Waals surface area contributed by atoms with Crippen molar-refractivity contribution >= 4 is 5.91 Å². The molecule has 0 bridgehead atoms. The van der Waals surface area contributed by atoms with E-state index in [9.17, 15) is 4.79 Å². The minimum absolute atomic E-state index is 0.0772. The topological polar surface area (TPSA) is 49.6 Å². The van der Waals surface area contributed by atoms with Crippen LogP contribution in [0.1, 0.15) is 46.5 Å². The fourth-order valence-electron chi connectivity index (χ4n) is 2.98. The molecule has 1 aliphatic rings. The van der Waals surface area contributed by atoms with Gasteiger partial charge in [0.2, 0.25) is 5.91 Å². The van der Waals surface area contributed by atoms with Crippen LogP contribution in [0.15, 0.2) is 0 Å². The Morgan fingerprint density at radius 2 is 1.79 bits per heavy atom. The number of carbonyl (C=O) groups excluding carboxylic acids is 1. The summed E-state index contributed by atoms with van der Waals surface area (Å²) in [6, 6.07) is 0.0873. The van der Waals surface area contributed by atoms with Crippen LogP contribution in [-0.4, -0.2) is 54.5 Å². The molecule has 0 aromatic carbocycles. The third-order valence-electron chi connectivity index (χ3n) is 4.38. The van der Waals surface area contributed by atoms with Gasteiger partial charge in [-0.25, -0.2) is 0 Å². The summed E-state index contributed by atoms with van der Waals surface area (Å²) in [5, 5.41) is 0. The van der Waals surface area contributed by atoms with Gasteiger partial charge in [0.1, 0.15) is 0 Å². The molecule has 0 spiro atoms. The molecule has 4 nitrogen and oxygen atoms in total. The van der Waals surface area contributed by atoms with Gasteiger partial charge in [0.05, 0.1) is 5.92 Å². The zero-order valence-corrected chi connectivity index (χ0v) is 12.9. The van der Waals surface area contributed by atoms with Gasteiger partial charge in [0.25, 0.3) is 0 Å². The number of nitrogens with two attached hydrogens (primary N) is 1. The van der Waals surface area contributed by atoms with Crippen molar-refractivity contribution in [2.24, 2.45) is 11.7 Å². The van der Waals surface area contributed by atoms with Crippen LogP contribution in [0.3, 0.4) is 0 Å². The normalized spacial score (nSPS) is 23.0. The summed E-state index contributed by atoms with van der Waals surface area (Å²) in [4.78, 5) is 16.8. The van der Waals surface area contributed by atoms with Crippen molar-refractivity contribution < 1.29 is 4.79 Å². The van der Waals surface area contributed by atoms with Crippen LogP contribution in [0.25, 0.3) is 0 Å². The monoisotopic (exact) mass is 269 g/mol. The van der Waals surface area contributed by atoms with E-state index in [0.29, 0.717) is 0 Å². The fourth-order valence-corrected chi connectivity index (χ4v) is 2.98. The number of hydrogen-bond donors (Lipinski definition) is 1. The van der Waals surface area contributed by atoms with Gasteiger partial charge in [-0.2, -0.15) is 0 Å². The molecule has 1 fully saturated rings. The number of carbonyl (C=O) groups is 1. The molecule has 1 rings (SSSR count). The summed E-state index contributed by atoms with van der Waals surface area (Å²) < 4.78 is 0. The molecule has 2 N–H and O–H groups in total. The lowest BCUT2D eigenvalue weighted by Gasteiger charge is -2.27. The zero-order chi connectivity index (χ0) is 14.3. The Labute approximate surface area is 118 Å². The molecule has 112 valence electrons. The summed E-state index contributed by atoms with van der Waals surface area (Å²) in [6.45, 7) is 11.4. The molecule has 0 aromatic rings. The van der Waals surface area contributed by atoms with E-state index in [0.717, 1.165) is 58.4 Å². The van der Waals surface area contributed by atoms with Gasteiger partial charge in [0.15, 0.2) is 0 Å². The SMILES string of the molecule is CCN(CC)CCCN(CC)C(=O)C1CCCC1N. The summed E-state index contributed by atoms with van der Waals surface area (Å²) in [5.74, 6) is 0.362. The molecule has 1 aliphatic carbocycles. The predicted molar refractivity (Wildman–Crippen MR) is 80.0 cm³/mol. The lowest BCUT2D eigenvalue weighted by molar-refractivity contribution is -0.135. The van der Waals surface area contributed by atoms with Crippen molar-refractivity contribution in [1.82, 2.24) is 9.80 Å². The fraction of sp³-hybridized carbons (Fsp3) is 0.933. The highest BCUT2D eigenvalue weighted by Crippen LogP contribution is 2.25. The maximum Gasteiger partial charge on any atom is 0.227 e. The second kappa shape index (κ2) is 8.54. The van der Waals surface area contributed by atoms with Crippen molar-refractivity contribution in [1.29, 1.82) is 0 Å². The largest absolute Gasteiger partial charge is 0.343 e. The molecule has 4 heteroatoms.